The monoisotopic (exact) mass is 320 g/mol. The number of amides is 1. The van der Waals surface area contributed by atoms with E-state index in [1.54, 1.807) is 24.5 Å². The molecule has 3 aromatic rings. The highest BCUT2D eigenvalue weighted by Crippen LogP contribution is 2.20. The van der Waals surface area contributed by atoms with Crippen molar-refractivity contribution in [1.82, 2.24) is 19.8 Å². The predicted molar refractivity (Wildman–Crippen MR) is 93.7 cm³/mol. The molecule has 0 spiro atoms. The van der Waals surface area contributed by atoms with Crippen molar-refractivity contribution in [3.05, 3.63) is 66.1 Å². The van der Waals surface area contributed by atoms with Gasteiger partial charge < -0.3 is 9.88 Å². The van der Waals surface area contributed by atoms with Crippen molar-refractivity contribution < 1.29 is 4.79 Å². The van der Waals surface area contributed by atoms with Crippen molar-refractivity contribution in [2.75, 3.05) is 26.2 Å². The summed E-state index contributed by atoms with van der Waals surface area (Å²) in [5, 5.41) is 1.28. The van der Waals surface area contributed by atoms with Gasteiger partial charge in [0.2, 0.25) is 0 Å². The number of aromatic amines is 1. The zero-order chi connectivity index (χ0) is 16.4. The summed E-state index contributed by atoms with van der Waals surface area (Å²) in [5.74, 6) is 0.101. The van der Waals surface area contributed by atoms with Gasteiger partial charge in [-0.2, -0.15) is 0 Å². The molecule has 5 heteroatoms. The molecule has 1 amide bonds. The highest BCUT2D eigenvalue weighted by molar-refractivity contribution is 5.94. The summed E-state index contributed by atoms with van der Waals surface area (Å²) in [6, 6.07) is 11.9. The van der Waals surface area contributed by atoms with Gasteiger partial charge in [-0.15, -0.1) is 0 Å². The van der Waals surface area contributed by atoms with Gasteiger partial charge in [0.15, 0.2) is 0 Å². The summed E-state index contributed by atoms with van der Waals surface area (Å²) in [6.45, 7) is 4.25. The number of H-pyrrole nitrogens is 1. The van der Waals surface area contributed by atoms with Crippen LogP contribution in [-0.2, 0) is 6.54 Å². The average molecular weight is 320 g/mol. The van der Waals surface area contributed by atoms with Crippen LogP contribution >= 0.6 is 0 Å². The van der Waals surface area contributed by atoms with Crippen LogP contribution in [0.5, 0.6) is 0 Å². The molecule has 0 atom stereocenters. The van der Waals surface area contributed by atoms with Crippen molar-refractivity contribution in [3.63, 3.8) is 0 Å². The quantitative estimate of drug-likeness (QED) is 0.807. The Morgan fingerprint density at radius 3 is 2.58 bits per heavy atom. The molecule has 5 nitrogen and oxygen atoms in total. The van der Waals surface area contributed by atoms with Gasteiger partial charge in [0.1, 0.15) is 0 Å². The summed E-state index contributed by atoms with van der Waals surface area (Å²) >= 11 is 0. The van der Waals surface area contributed by atoms with Gasteiger partial charge in [-0.3, -0.25) is 14.7 Å². The van der Waals surface area contributed by atoms with Crippen molar-refractivity contribution >= 4 is 16.8 Å². The fourth-order valence-corrected chi connectivity index (χ4v) is 3.29. The van der Waals surface area contributed by atoms with Crippen LogP contribution in [0.2, 0.25) is 0 Å². The highest BCUT2D eigenvalue weighted by atomic mass is 16.2. The lowest BCUT2D eigenvalue weighted by Gasteiger charge is -2.34. The van der Waals surface area contributed by atoms with Crippen LogP contribution in [0.3, 0.4) is 0 Å². The smallest absolute Gasteiger partial charge is 0.254 e. The molecule has 1 aliphatic rings. The summed E-state index contributed by atoms with van der Waals surface area (Å²) in [7, 11) is 0. The number of aromatic nitrogens is 2. The van der Waals surface area contributed by atoms with Crippen LogP contribution in [0.4, 0.5) is 0 Å². The van der Waals surface area contributed by atoms with Gasteiger partial charge in [0, 0.05) is 67.8 Å². The van der Waals surface area contributed by atoms with Crippen molar-refractivity contribution in [3.8, 4) is 0 Å². The molecule has 2 aromatic heterocycles. The first-order valence-electron chi connectivity index (χ1n) is 8.28. The molecule has 0 bridgehead atoms. The number of fused-ring (bicyclic) bond motifs is 1. The van der Waals surface area contributed by atoms with Crippen molar-refractivity contribution in [2.45, 2.75) is 6.54 Å². The zero-order valence-corrected chi connectivity index (χ0v) is 13.5. The Balaban J connectivity index is 1.39. The molecular formula is C19H20N4O. The standard InChI is InChI=1S/C19H20N4O/c24-19(15-5-7-20-8-6-15)23-11-9-22(10-12-23)14-16-13-21-18-4-2-1-3-17(16)18/h1-8,13,21H,9-12,14H2. The third-order valence-corrected chi connectivity index (χ3v) is 4.66. The van der Waals surface area contributed by atoms with E-state index in [9.17, 15) is 4.79 Å². The molecule has 3 heterocycles. The summed E-state index contributed by atoms with van der Waals surface area (Å²) in [4.78, 5) is 24.1. The fourth-order valence-electron chi connectivity index (χ4n) is 3.29. The van der Waals surface area contributed by atoms with Crippen LogP contribution < -0.4 is 0 Å². The SMILES string of the molecule is O=C(c1ccncc1)N1CCN(Cc2c[nH]c3ccccc23)CC1. The number of nitrogens with zero attached hydrogens (tertiary/aromatic N) is 3. The maximum Gasteiger partial charge on any atom is 0.254 e. The molecule has 1 aliphatic heterocycles. The predicted octanol–water partition coefficient (Wildman–Crippen LogP) is 2.52. The third-order valence-electron chi connectivity index (χ3n) is 4.66. The van der Waals surface area contributed by atoms with Gasteiger partial charge in [-0.1, -0.05) is 18.2 Å². The van der Waals surface area contributed by atoms with Crippen molar-refractivity contribution in [1.29, 1.82) is 0 Å². The zero-order valence-electron chi connectivity index (χ0n) is 13.5. The molecule has 4 rings (SSSR count). The minimum absolute atomic E-state index is 0.101. The Hall–Kier alpha value is -2.66. The number of pyridine rings is 1. The van der Waals surface area contributed by atoms with E-state index in [4.69, 9.17) is 0 Å². The maximum atomic E-state index is 12.5. The number of rotatable bonds is 3. The highest BCUT2D eigenvalue weighted by Gasteiger charge is 2.22. The van der Waals surface area contributed by atoms with Gasteiger partial charge in [-0.25, -0.2) is 0 Å². The van der Waals surface area contributed by atoms with Crippen LogP contribution in [0.15, 0.2) is 55.0 Å². The van der Waals surface area contributed by atoms with Gasteiger partial charge in [0.05, 0.1) is 0 Å². The Morgan fingerprint density at radius 2 is 1.79 bits per heavy atom. The second-order valence-electron chi connectivity index (χ2n) is 6.16. The third kappa shape index (κ3) is 2.90. The lowest BCUT2D eigenvalue weighted by atomic mass is 10.1. The van der Waals surface area contributed by atoms with Crippen LogP contribution in [-0.4, -0.2) is 51.9 Å². The molecule has 1 fully saturated rings. The van der Waals surface area contributed by atoms with E-state index in [1.165, 1.54) is 16.5 Å². The number of carbonyl (C=O) groups is 1. The summed E-state index contributed by atoms with van der Waals surface area (Å²) in [5.41, 5.74) is 3.22. The van der Waals surface area contributed by atoms with E-state index in [1.807, 2.05) is 11.0 Å². The number of nitrogens with one attached hydrogen (secondary N) is 1. The van der Waals surface area contributed by atoms with E-state index in [2.05, 4.69) is 39.3 Å². The number of hydrogen-bond donors (Lipinski definition) is 1. The molecule has 122 valence electrons. The molecule has 0 saturated carbocycles. The molecule has 1 N–H and O–H groups in total. The minimum Gasteiger partial charge on any atom is -0.361 e. The number of para-hydroxylation sites is 1. The Kier molecular flexibility index (Phi) is 4.01. The summed E-state index contributed by atoms with van der Waals surface area (Å²) in [6.07, 6.45) is 5.43. The Bertz CT molecular complexity index is 835. The van der Waals surface area contributed by atoms with E-state index >= 15 is 0 Å². The van der Waals surface area contributed by atoms with Crippen LogP contribution in [0.25, 0.3) is 10.9 Å². The second-order valence-corrected chi connectivity index (χ2v) is 6.16. The van der Waals surface area contributed by atoms with Gasteiger partial charge in [-0.05, 0) is 23.8 Å². The number of carbonyl (C=O) groups excluding carboxylic acids is 1. The minimum atomic E-state index is 0.101. The Morgan fingerprint density at radius 1 is 1.04 bits per heavy atom. The normalized spacial score (nSPS) is 15.8. The molecule has 0 radical (unpaired) electrons. The first kappa shape index (κ1) is 14.9. The number of hydrogen-bond acceptors (Lipinski definition) is 3. The average Bonchev–Trinajstić information content (AvgIpc) is 3.06. The molecule has 1 saturated heterocycles. The lowest BCUT2D eigenvalue weighted by Crippen LogP contribution is -2.48. The number of piperazine rings is 1. The topological polar surface area (TPSA) is 52.2 Å². The maximum absolute atomic E-state index is 12.5. The van der Waals surface area contributed by atoms with E-state index in [-0.39, 0.29) is 5.91 Å². The molecular weight excluding hydrogens is 300 g/mol. The van der Waals surface area contributed by atoms with E-state index < -0.39 is 0 Å². The summed E-state index contributed by atoms with van der Waals surface area (Å²) < 4.78 is 0. The fraction of sp³-hybridized carbons (Fsp3) is 0.263. The van der Waals surface area contributed by atoms with Crippen LogP contribution in [0.1, 0.15) is 15.9 Å². The second kappa shape index (κ2) is 6.45. The number of benzene rings is 1. The van der Waals surface area contributed by atoms with Gasteiger partial charge in [0.25, 0.3) is 5.91 Å². The van der Waals surface area contributed by atoms with E-state index in [0.717, 1.165) is 38.3 Å². The van der Waals surface area contributed by atoms with Crippen LogP contribution in [0, 0.1) is 0 Å². The van der Waals surface area contributed by atoms with Gasteiger partial charge >= 0.3 is 0 Å². The molecule has 0 unspecified atom stereocenters. The largest absolute Gasteiger partial charge is 0.361 e. The Labute approximate surface area is 140 Å². The molecule has 24 heavy (non-hydrogen) atoms. The van der Waals surface area contributed by atoms with E-state index in [0.29, 0.717) is 0 Å². The molecule has 1 aromatic carbocycles. The first-order chi connectivity index (χ1) is 11.8. The lowest BCUT2D eigenvalue weighted by molar-refractivity contribution is 0.0629. The molecule has 0 aliphatic carbocycles. The van der Waals surface area contributed by atoms with Crippen molar-refractivity contribution in [2.24, 2.45) is 0 Å². The first-order valence-corrected chi connectivity index (χ1v) is 8.28.